The highest BCUT2D eigenvalue weighted by Crippen LogP contribution is 2.17. The summed E-state index contributed by atoms with van der Waals surface area (Å²) in [5.74, 6) is 0.0960. The van der Waals surface area contributed by atoms with Gasteiger partial charge in [-0.1, -0.05) is 36.8 Å². The molecule has 0 fully saturated rings. The number of carbonyl (C=O) groups excluding carboxylic acids is 1. The van der Waals surface area contributed by atoms with Crippen molar-refractivity contribution in [1.29, 1.82) is 0 Å². The quantitative estimate of drug-likeness (QED) is 0.726. The molecule has 23 heavy (non-hydrogen) atoms. The second kappa shape index (κ2) is 8.87. The predicted octanol–water partition coefficient (Wildman–Crippen LogP) is 3.09. The van der Waals surface area contributed by atoms with Crippen LogP contribution in [0, 0.1) is 0 Å². The van der Waals surface area contributed by atoms with Gasteiger partial charge in [0.2, 0.25) is 0 Å². The standard InChI is InChI=1S/C18H27NO3S/c1-18(2,3)23(21,22)15-11-7-10-14-19-17(20)16-12-8-5-4-6-9-13-16/h4-6,8-9,12-13H,7,10-11,14-15H2,1-3H3,(H,19,20)/b5-4-,6-4?,8-5?,9-6-,12-8?,13-9?,16-12?,16-13?. The zero-order chi connectivity index (χ0) is 17.3. The van der Waals surface area contributed by atoms with Crippen LogP contribution in [0.1, 0.15) is 40.0 Å². The fraction of sp³-hybridized carbons (Fsp3) is 0.500. The zero-order valence-electron chi connectivity index (χ0n) is 14.2. The van der Waals surface area contributed by atoms with Crippen LogP contribution in [-0.4, -0.2) is 31.4 Å². The Morgan fingerprint density at radius 3 is 2.35 bits per heavy atom. The number of hydrogen-bond donors (Lipinski definition) is 1. The molecule has 1 rings (SSSR count). The van der Waals surface area contributed by atoms with Crippen LogP contribution in [-0.2, 0) is 14.6 Å². The van der Waals surface area contributed by atoms with Crippen LogP contribution < -0.4 is 5.32 Å². The summed E-state index contributed by atoms with van der Waals surface area (Å²) >= 11 is 0. The van der Waals surface area contributed by atoms with E-state index in [9.17, 15) is 13.2 Å². The normalized spacial score (nSPS) is 17.8. The van der Waals surface area contributed by atoms with Gasteiger partial charge in [0.15, 0.2) is 9.84 Å². The molecule has 0 unspecified atom stereocenters. The SMILES string of the molecule is CC(C)(C)S(=O)(=O)CCCCCNC(=O)C1=C/C=C\C=C/C=C1. The Morgan fingerprint density at radius 2 is 1.65 bits per heavy atom. The summed E-state index contributed by atoms with van der Waals surface area (Å²) in [6, 6.07) is 0. The number of nitrogens with one attached hydrogen (secondary N) is 1. The molecule has 1 aliphatic rings. The van der Waals surface area contributed by atoms with Crippen LogP contribution in [0.3, 0.4) is 0 Å². The second-order valence-corrected chi connectivity index (χ2v) is 9.36. The van der Waals surface area contributed by atoms with Crippen molar-refractivity contribution in [2.75, 3.05) is 12.3 Å². The molecule has 0 aromatic rings. The Morgan fingerprint density at radius 1 is 1.00 bits per heavy atom. The van der Waals surface area contributed by atoms with E-state index in [4.69, 9.17) is 0 Å². The van der Waals surface area contributed by atoms with E-state index in [-0.39, 0.29) is 11.7 Å². The Balaban J connectivity index is 2.27. The summed E-state index contributed by atoms with van der Waals surface area (Å²) in [4.78, 5) is 12.0. The van der Waals surface area contributed by atoms with Gasteiger partial charge in [-0.05, 0) is 45.8 Å². The van der Waals surface area contributed by atoms with Crippen LogP contribution >= 0.6 is 0 Å². The first-order chi connectivity index (χ1) is 10.7. The van der Waals surface area contributed by atoms with Crippen LogP contribution in [0.4, 0.5) is 0 Å². The maximum atomic E-state index is 12.0. The molecule has 0 bridgehead atoms. The van der Waals surface area contributed by atoms with E-state index < -0.39 is 14.6 Å². The largest absolute Gasteiger partial charge is 0.352 e. The van der Waals surface area contributed by atoms with Crippen molar-refractivity contribution < 1.29 is 13.2 Å². The van der Waals surface area contributed by atoms with Gasteiger partial charge in [-0.15, -0.1) is 0 Å². The number of rotatable bonds is 7. The van der Waals surface area contributed by atoms with Crippen LogP contribution in [0.25, 0.3) is 0 Å². The fourth-order valence-electron chi connectivity index (χ4n) is 1.92. The minimum Gasteiger partial charge on any atom is -0.352 e. The van der Waals surface area contributed by atoms with Crippen molar-refractivity contribution in [3.05, 3.63) is 48.1 Å². The van der Waals surface area contributed by atoms with Gasteiger partial charge >= 0.3 is 0 Å². The van der Waals surface area contributed by atoms with E-state index in [1.807, 2.05) is 30.4 Å². The van der Waals surface area contributed by atoms with Gasteiger partial charge in [0, 0.05) is 12.1 Å². The third kappa shape index (κ3) is 6.99. The molecule has 0 spiro atoms. The molecule has 1 N–H and O–H groups in total. The fourth-order valence-corrected chi connectivity index (χ4v) is 3.12. The van der Waals surface area contributed by atoms with Crippen LogP contribution in [0.2, 0.25) is 0 Å². The maximum absolute atomic E-state index is 12.0. The summed E-state index contributed by atoms with van der Waals surface area (Å²) < 4.78 is 23.2. The average Bonchev–Trinajstić information content (AvgIpc) is 2.40. The van der Waals surface area contributed by atoms with E-state index in [1.54, 1.807) is 32.9 Å². The van der Waals surface area contributed by atoms with Crippen molar-refractivity contribution in [2.45, 2.75) is 44.8 Å². The van der Waals surface area contributed by atoms with E-state index in [2.05, 4.69) is 5.32 Å². The molecule has 0 saturated carbocycles. The lowest BCUT2D eigenvalue weighted by atomic mass is 10.1. The Labute approximate surface area is 140 Å². The van der Waals surface area contributed by atoms with Gasteiger partial charge < -0.3 is 5.32 Å². The number of allylic oxidation sites excluding steroid dienone is 6. The molecule has 0 aliphatic heterocycles. The molecule has 128 valence electrons. The first-order valence-corrected chi connectivity index (χ1v) is 9.61. The van der Waals surface area contributed by atoms with Crippen molar-refractivity contribution in [2.24, 2.45) is 0 Å². The van der Waals surface area contributed by atoms with E-state index in [0.29, 0.717) is 18.5 Å². The molecular weight excluding hydrogens is 310 g/mol. The molecule has 0 saturated heterocycles. The second-order valence-electron chi connectivity index (χ2n) is 6.50. The Bertz CT molecular complexity index is 617. The van der Waals surface area contributed by atoms with Gasteiger partial charge in [-0.3, -0.25) is 4.79 Å². The number of unbranched alkanes of at least 4 members (excludes halogenated alkanes) is 2. The molecule has 0 radical (unpaired) electrons. The third-order valence-electron chi connectivity index (χ3n) is 3.57. The summed E-state index contributed by atoms with van der Waals surface area (Å²) in [7, 11) is -3.05. The third-order valence-corrected chi connectivity index (χ3v) is 6.26. The van der Waals surface area contributed by atoms with Gasteiger partial charge in [0.25, 0.3) is 5.91 Å². The van der Waals surface area contributed by atoms with Gasteiger partial charge in [0.1, 0.15) is 0 Å². The number of amides is 1. The monoisotopic (exact) mass is 337 g/mol. The predicted molar refractivity (Wildman–Crippen MR) is 95.9 cm³/mol. The van der Waals surface area contributed by atoms with Crippen molar-refractivity contribution >= 4 is 15.7 Å². The molecule has 0 aromatic carbocycles. The molecule has 1 amide bonds. The summed E-state index contributed by atoms with van der Waals surface area (Å²) in [6.45, 7) is 5.73. The lowest BCUT2D eigenvalue weighted by Crippen LogP contribution is -2.30. The molecular formula is C18H27NO3S. The molecule has 0 heterocycles. The van der Waals surface area contributed by atoms with Crippen LogP contribution in [0.15, 0.2) is 48.1 Å². The first kappa shape index (κ1) is 19.4. The smallest absolute Gasteiger partial charge is 0.251 e. The van der Waals surface area contributed by atoms with Crippen molar-refractivity contribution in [1.82, 2.24) is 5.32 Å². The summed E-state index contributed by atoms with van der Waals surface area (Å²) in [6.07, 6.45) is 15.0. The maximum Gasteiger partial charge on any atom is 0.251 e. The zero-order valence-corrected chi connectivity index (χ0v) is 15.0. The van der Waals surface area contributed by atoms with Gasteiger partial charge in [0.05, 0.1) is 10.5 Å². The van der Waals surface area contributed by atoms with Crippen molar-refractivity contribution in [3.8, 4) is 0 Å². The number of hydrogen-bond acceptors (Lipinski definition) is 3. The molecule has 5 heteroatoms. The Kier molecular flexibility index (Phi) is 7.49. The lowest BCUT2D eigenvalue weighted by Gasteiger charge is -2.18. The summed E-state index contributed by atoms with van der Waals surface area (Å²) in [5.41, 5.74) is 0.612. The molecule has 0 aromatic heterocycles. The average molecular weight is 337 g/mol. The minimum absolute atomic E-state index is 0.108. The number of sulfone groups is 1. The summed E-state index contributed by atoms with van der Waals surface area (Å²) in [5, 5.41) is 2.86. The highest BCUT2D eigenvalue weighted by molar-refractivity contribution is 7.92. The van der Waals surface area contributed by atoms with Crippen LogP contribution in [0.5, 0.6) is 0 Å². The molecule has 4 nitrogen and oxygen atoms in total. The number of carbonyl (C=O) groups is 1. The first-order valence-electron chi connectivity index (χ1n) is 7.96. The Hall–Kier alpha value is -1.62. The van der Waals surface area contributed by atoms with Gasteiger partial charge in [-0.2, -0.15) is 0 Å². The van der Waals surface area contributed by atoms with E-state index in [0.717, 1.165) is 12.8 Å². The van der Waals surface area contributed by atoms with E-state index in [1.165, 1.54) is 0 Å². The highest BCUT2D eigenvalue weighted by atomic mass is 32.2. The molecule has 1 aliphatic carbocycles. The topological polar surface area (TPSA) is 63.2 Å². The molecule has 0 atom stereocenters. The van der Waals surface area contributed by atoms with E-state index >= 15 is 0 Å². The van der Waals surface area contributed by atoms with Gasteiger partial charge in [-0.25, -0.2) is 8.42 Å². The van der Waals surface area contributed by atoms with Crippen molar-refractivity contribution in [3.63, 3.8) is 0 Å². The lowest BCUT2D eigenvalue weighted by molar-refractivity contribution is -0.117. The minimum atomic E-state index is -3.05. The highest BCUT2D eigenvalue weighted by Gasteiger charge is 2.27.